The molecule has 2 aromatic rings. The van der Waals surface area contributed by atoms with E-state index < -0.39 is 11.7 Å². The Bertz CT molecular complexity index is 613. The van der Waals surface area contributed by atoms with Gasteiger partial charge in [-0.1, -0.05) is 12.1 Å². The van der Waals surface area contributed by atoms with Gasteiger partial charge in [-0.2, -0.15) is 0 Å². The van der Waals surface area contributed by atoms with E-state index in [-0.39, 0.29) is 11.4 Å². The quantitative estimate of drug-likeness (QED) is 0.891. The van der Waals surface area contributed by atoms with Crippen LogP contribution in [0.15, 0.2) is 36.4 Å². The summed E-state index contributed by atoms with van der Waals surface area (Å²) in [5, 5.41) is 5.34. The summed E-state index contributed by atoms with van der Waals surface area (Å²) in [4.78, 5) is 16.0. The number of carbonyl (C=O) groups is 1. The van der Waals surface area contributed by atoms with Crippen LogP contribution in [-0.4, -0.2) is 17.9 Å². The fourth-order valence-electron chi connectivity index (χ4n) is 1.61. The van der Waals surface area contributed by atoms with Crippen molar-refractivity contribution in [2.24, 2.45) is 0 Å². The van der Waals surface area contributed by atoms with Gasteiger partial charge in [0.05, 0.1) is 5.69 Å². The van der Waals surface area contributed by atoms with Gasteiger partial charge in [-0.05, 0) is 36.8 Å². The third kappa shape index (κ3) is 3.07. The Morgan fingerprint density at radius 2 is 2.05 bits per heavy atom. The maximum absolute atomic E-state index is 13.6. The van der Waals surface area contributed by atoms with Crippen molar-refractivity contribution in [3.05, 3.63) is 53.5 Å². The first-order chi connectivity index (χ1) is 9.10. The molecular formula is C14H14FN3O. The zero-order valence-electron chi connectivity index (χ0n) is 10.7. The molecule has 5 heteroatoms. The lowest BCUT2D eigenvalue weighted by Crippen LogP contribution is -2.15. The van der Waals surface area contributed by atoms with Crippen LogP contribution < -0.4 is 10.6 Å². The van der Waals surface area contributed by atoms with E-state index in [2.05, 4.69) is 15.6 Å². The van der Waals surface area contributed by atoms with Crippen LogP contribution in [0.2, 0.25) is 0 Å². The van der Waals surface area contributed by atoms with Gasteiger partial charge in [0, 0.05) is 7.05 Å². The molecule has 0 atom stereocenters. The standard InChI is InChI=1S/C14H14FN3O/c1-9-6-7-11(10(15)8-9)18-14(19)12-4-3-5-13(16-2)17-12/h3-8H,1-2H3,(H,16,17)(H,18,19). The molecular weight excluding hydrogens is 245 g/mol. The Hall–Kier alpha value is -2.43. The number of aryl methyl sites for hydroxylation is 1. The minimum absolute atomic E-state index is 0.146. The second-order valence-corrected chi connectivity index (χ2v) is 4.10. The number of amides is 1. The van der Waals surface area contributed by atoms with E-state index in [0.29, 0.717) is 5.82 Å². The summed E-state index contributed by atoms with van der Waals surface area (Å²) in [5.41, 5.74) is 1.17. The molecule has 1 aromatic heterocycles. The van der Waals surface area contributed by atoms with Crippen LogP contribution in [0.4, 0.5) is 15.9 Å². The predicted molar refractivity (Wildman–Crippen MR) is 72.9 cm³/mol. The Kier molecular flexibility index (Phi) is 3.75. The van der Waals surface area contributed by atoms with Gasteiger partial charge in [0.25, 0.3) is 5.91 Å². The lowest BCUT2D eigenvalue weighted by molar-refractivity contribution is 0.102. The summed E-state index contributed by atoms with van der Waals surface area (Å²) in [6.45, 7) is 1.78. The molecule has 0 saturated heterocycles. The first-order valence-corrected chi connectivity index (χ1v) is 5.82. The number of anilines is 2. The summed E-state index contributed by atoms with van der Waals surface area (Å²) < 4.78 is 13.6. The second kappa shape index (κ2) is 5.48. The van der Waals surface area contributed by atoms with Crippen molar-refractivity contribution < 1.29 is 9.18 Å². The fourth-order valence-corrected chi connectivity index (χ4v) is 1.61. The van der Waals surface area contributed by atoms with E-state index in [1.165, 1.54) is 12.1 Å². The van der Waals surface area contributed by atoms with Crippen molar-refractivity contribution in [3.63, 3.8) is 0 Å². The van der Waals surface area contributed by atoms with Crippen LogP contribution in [-0.2, 0) is 0 Å². The molecule has 2 rings (SSSR count). The summed E-state index contributed by atoms with van der Waals surface area (Å²) >= 11 is 0. The van der Waals surface area contributed by atoms with E-state index in [4.69, 9.17) is 0 Å². The number of rotatable bonds is 3. The molecule has 1 aromatic carbocycles. The third-order valence-electron chi connectivity index (χ3n) is 2.61. The van der Waals surface area contributed by atoms with E-state index in [1.807, 2.05) is 0 Å². The molecule has 2 N–H and O–H groups in total. The number of hydrogen-bond donors (Lipinski definition) is 2. The van der Waals surface area contributed by atoms with E-state index in [9.17, 15) is 9.18 Å². The van der Waals surface area contributed by atoms with Crippen molar-refractivity contribution in [2.75, 3.05) is 17.7 Å². The largest absolute Gasteiger partial charge is 0.373 e. The van der Waals surface area contributed by atoms with Gasteiger partial charge in [-0.3, -0.25) is 4.79 Å². The zero-order chi connectivity index (χ0) is 13.8. The Balaban J connectivity index is 2.20. The molecule has 0 aliphatic rings. The van der Waals surface area contributed by atoms with Crippen LogP contribution in [0.25, 0.3) is 0 Å². The Morgan fingerprint density at radius 1 is 1.26 bits per heavy atom. The third-order valence-corrected chi connectivity index (χ3v) is 2.61. The number of nitrogens with one attached hydrogen (secondary N) is 2. The highest BCUT2D eigenvalue weighted by molar-refractivity contribution is 6.03. The molecule has 0 aliphatic heterocycles. The molecule has 1 amide bonds. The molecule has 0 bridgehead atoms. The maximum atomic E-state index is 13.6. The van der Waals surface area contributed by atoms with Gasteiger partial charge in [0.1, 0.15) is 17.3 Å². The van der Waals surface area contributed by atoms with Crippen LogP contribution in [0.5, 0.6) is 0 Å². The van der Waals surface area contributed by atoms with Crippen molar-refractivity contribution >= 4 is 17.4 Å². The highest BCUT2D eigenvalue weighted by Gasteiger charge is 2.10. The predicted octanol–water partition coefficient (Wildman–Crippen LogP) is 2.82. The Morgan fingerprint density at radius 3 is 2.74 bits per heavy atom. The minimum atomic E-state index is -0.460. The lowest BCUT2D eigenvalue weighted by atomic mass is 10.2. The number of aromatic nitrogens is 1. The summed E-state index contributed by atoms with van der Waals surface area (Å²) in [6, 6.07) is 9.65. The van der Waals surface area contributed by atoms with Gasteiger partial charge < -0.3 is 10.6 Å². The SMILES string of the molecule is CNc1cccc(C(=O)Nc2ccc(C)cc2F)n1. The summed E-state index contributed by atoms with van der Waals surface area (Å²) in [7, 11) is 1.71. The Labute approximate surface area is 110 Å². The lowest BCUT2D eigenvalue weighted by Gasteiger charge is -2.07. The number of nitrogens with zero attached hydrogens (tertiary/aromatic N) is 1. The van der Waals surface area contributed by atoms with Crippen LogP contribution in [0.1, 0.15) is 16.1 Å². The fraction of sp³-hybridized carbons (Fsp3) is 0.143. The molecule has 0 aliphatic carbocycles. The number of benzene rings is 1. The first kappa shape index (κ1) is 13.0. The number of pyridine rings is 1. The highest BCUT2D eigenvalue weighted by atomic mass is 19.1. The van der Waals surface area contributed by atoms with Crippen LogP contribution in [0.3, 0.4) is 0 Å². The number of halogens is 1. The normalized spacial score (nSPS) is 10.1. The topological polar surface area (TPSA) is 54.0 Å². The molecule has 0 fully saturated rings. The van der Waals surface area contributed by atoms with E-state index >= 15 is 0 Å². The molecule has 19 heavy (non-hydrogen) atoms. The molecule has 0 radical (unpaired) electrons. The molecule has 0 unspecified atom stereocenters. The number of carbonyl (C=O) groups excluding carboxylic acids is 1. The molecule has 4 nitrogen and oxygen atoms in total. The minimum Gasteiger partial charge on any atom is -0.373 e. The van der Waals surface area contributed by atoms with Gasteiger partial charge in [-0.15, -0.1) is 0 Å². The van der Waals surface area contributed by atoms with Crippen LogP contribution in [0, 0.1) is 12.7 Å². The average molecular weight is 259 g/mol. The van der Waals surface area contributed by atoms with E-state index in [0.717, 1.165) is 5.56 Å². The summed E-state index contributed by atoms with van der Waals surface area (Å²) in [5.74, 6) is -0.324. The highest BCUT2D eigenvalue weighted by Crippen LogP contribution is 2.16. The van der Waals surface area contributed by atoms with Crippen LogP contribution >= 0.6 is 0 Å². The first-order valence-electron chi connectivity index (χ1n) is 5.82. The van der Waals surface area contributed by atoms with Gasteiger partial charge in [0.15, 0.2) is 0 Å². The molecule has 98 valence electrons. The van der Waals surface area contributed by atoms with Gasteiger partial charge >= 0.3 is 0 Å². The van der Waals surface area contributed by atoms with Crippen molar-refractivity contribution in [1.82, 2.24) is 4.98 Å². The number of hydrogen-bond acceptors (Lipinski definition) is 3. The summed E-state index contributed by atoms with van der Waals surface area (Å²) in [6.07, 6.45) is 0. The van der Waals surface area contributed by atoms with Gasteiger partial charge in [-0.25, -0.2) is 9.37 Å². The average Bonchev–Trinajstić information content (AvgIpc) is 2.42. The van der Waals surface area contributed by atoms with Crippen molar-refractivity contribution in [2.45, 2.75) is 6.92 Å². The monoisotopic (exact) mass is 259 g/mol. The smallest absolute Gasteiger partial charge is 0.274 e. The van der Waals surface area contributed by atoms with Gasteiger partial charge in [0.2, 0.25) is 0 Å². The van der Waals surface area contributed by atoms with Crippen molar-refractivity contribution in [3.8, 4) is 0 Å². The molecule has 0 saturated carbocycles. The zero-order valence-corrected chi connectivity index (χ0v) is 10.7. The molecule has 0 spiro atoms. The second-order valence-electron chi connectivity index (χ2n) is 4.10. The molecule has 1 heterocycles. The maximum Gasteiger partial charge on any atom is 0.274 e. The van der Waals surface area contributed by atoms with Crippen molar-refractivity contribution in [1.29, 1.82) is 0 Å². The van der Waals surface area contributed by atoms with E-state index in [1.54, 1.807) is 38.2 Å².